The zero-order valence-corrected chi connectivity index (χ0v) is 14.9. The molecule has 2 heterocycles. The number of hydrogen-bond acceptors (Lipinski definition) is 4. The summed E-state index contributed by atoms with van der Waals surface area (Å²) < 4.78 is 19.6. The quantitative estimate of drug-likeness (QED) is 0.484. The van der Waals surface area contributed by atoms with E-state index in [1.807, 2.05) is 18.2 Å². The molecule has 0 aliphatic carbocycles. The van der Waals surface area contributed by atoms with Crippen molar-refractivity contribution in [3.63, 3.8) is 0 Å². The monoisotopic (exact) mass is 381 g/mol. The van der Waals surface area contributed by atoms with Crippen LogP contribution in [0.15, 0.2) is 60.8 Å². The molecule has 0 spiro atoms. The Morgan fingerprint density at radius 3 is 2.67 bits per heavy atom. The molecular formula is C20H13ClFN3O2. The van der Waals surface area contributed by atoms with Crippen LogP contribution >= 0.6 is 11.6 Å². The molecule has 4 aromatic rings. The molecule has 7 heteroatoms. The van der Waals surface area contributed by atoms with Gasteiger partial charge in [-0.25, -0.2) is 18.9 Å². The molecule has 0 amide bonds. The predicted molar refractivity (Wildman–Crippen MR) is 101 cm³/mol. The standard InChI is InChI=1S/C20H13ClFN3O2/c1-27-20(26)12-6-8-15-17(10-12)25(18-9-7-13(22)11-23-18)24-19(15)14-4-2-3-5-16(14)21/h2-11H,1H3. The number of hydrogen-bond donors (Lipinski definition) is 0. The van der Waals surface area contributed by atoms with Crippen molar-refractivity contribution in [2.45, 2.75) is 0 Å². The van der Waals surface area contributed by atoms with E-state index >= 15 is 0 Å². The van der Waals surface area contributed by atoms with Crippen LogP contribution in [0, 0.1) is 5.82 Å². The van der Waals surface area contributed by atoms with Crippen LogP contribution in [0.4, 0.5) is 4.39 Å². The average Bonchev–Trinajstić information content (AvgIpc) is 3.07. The smallest absolute Gasteiger partial charge is 0.337 e. The molecule has 0 N–H and O–H groups in total. The van der Waals surface area contributed by atoms with Gasteiger partial charge in [0.25, 0.3) is 0 Å². The highest BCUT2D eigenvalue weighted by Crippen LogP contribution is 2.34. The Bertz CT molecular complexity index is 1160. The molecule has 0 atom stereocenters. The minimum absolute atomic E-state index is 0.374. The van der Waals surface area contributed by atoms with Gasteiger partial charge in [0.15, 0.2) is 5.82 Å². The largest absolute Gasteiger partial charge is 0.465 e. The number of nitrogens with zero attached hydrogens (tertiary/aromatic N) is 3. The number of benzene rings is 2. The lowest BCUT2D eigenvalue weighted by Gasteiger charge is -2.03. The second kappa shape index (κ2) is 6.81. The Balaban J connectivity index is 2.01. The third-order valence-corrected chi connectivity index (χ3v) is 4.49. The maximum atomic E-state index is 13.3. The molecule has 134 valence electrons. The van der Waals surface area contributed by atoms with Crippen LogP contribution < -0.4 is 0 Å². The van der Waals surface area contributed by atoms with E-state index in [4.69, 9.17) is 16.3 Å². The lowest BCUT2D eigenvalue weighted by molar-refractivity contribution is 0.0601. The third-order valence-electron chi connectivity index (χ3n) is 4.16. The Morgan fingerprint density at radius 1 is 1.15 bits per heavy atom. The van der Waals surface area contributed by atoms with E-state index in [9.17, 15) is 9.18 Å². The van der Waals surface area contributed by atoms with Gasteiger partial charge in [-0.05, 0) is 36.4 Å². The first-order chi connectivity index (χ1) is 13.1. The Labute approximate surface area is 159 Å². The second-order valence-corrected chi connectivity index (χ2v) is 6.21. The molecule has 0 radical (unpaired) electrons. The summed E-state index contributed by atoms with van der Waals surface area (Å²) in [5.41, 5.74) is 2.39. The Morgan fingerprint density at radius 2 is 1.96 bits per heavy atom. The van der Waals surface area contributed by atoms with Crippen molar-refractivity contribution in [3.8, 4) is 17.1 Å². The fourth-order valence-electron chi connectivity index (χ4n) is 2.88. The predicted octanol–water partition coefficient (Wildman–Crippen LogP) is 4.67. The maximum Gasteiger partial charge on any atom is 0.337 e. The van der Waals surface area contributed by atoms with Gasteiger partial charge in [0.05, 0.1) is 29.4 Å². The van der Waals surface area contributed by atoms with Gasteiger partial charge in [0, 0.05) is 10.9 Å². The van der Waals surface area contributed by atoms with Gasteiger partial charge in [0.1, 0.15) is 11.5 Å². The summed E-state index contributed by atoms with van der Waals surface area (Å²) >= 11 is 6.35. The topological polar surface area (TPSA) is 57.0 Å². The number of pyridine rings is 1. The van der Waals surface area contributed by atoms with E-state index < -0.39 is 11.8 Å². The summed E-state index contributed by atoms with van der Waals surface area (Å²) in [4.78, 5) is 16.0. The molecule has 0 aliphatic heterocycles. The molecule has 2 aromatic heterocycles. The van der Waals surface area contributed by atoms with Gasteiger partial charge in [-0.15, -0.1) is 0 Å². The Hall–Kier alpha value is -3.25. The summed E-state index contributed by atoms with van der Waals surface area (Å²) in [6.45, 7) is 0. The molecule has 0 unspecified atom stereocenters. The number of esters is 1. The van der Waals surface area contributed by atoms with Gasteiger partial charge in [-0.1, -0.05) is 29.8 Å². The van der Waals surface area contributed by atoms with Gasteiger partial charge < -0.3 is 4.74 Å². The van der Waals surface area contributed by atoms with Crippen LogP contribution in [0.25, 0.3) is 28.0 Å². The number of rotatable bonds is 3. The fraction of sp³-hybridized carbons (Fsp3) is 0.0500. The van der Waals surface area contributed by atoms with Crippen LogP contribution in [0.1, 0.15) is 10.4 Å². The van der Waals surface area contributed by atoms with E-state index in [1.165, 1.54) is 19.2 Å². The molecule has 0 fully saturated rings. The number of carbonyl (C=O) groups excluding carboxylic acids is 1. The first-order valence-corrected chi connectivity index (χ1v) is 8.44. The maximum absolute atomic E-state index is 13.3. The van der Waals surface area contributed by atoms with Crippen molar-refractivity contribution in [2.75, 3.05) is 7.11 Å². The molecule has 4 rings (SSSR count). The molecule has 5 nitrogen and oxygen atoms in total. The third kappa shape index (κ3) is 3.04. The zero-order chi connectivity index (χ0) is 19.0. The molecule has 2 aromatic carbocycles. The minimum Gasteiger partial charge on any atom is -0.465 e. The molecule has 0 bridgehead atoms. The minimum atomic E-state index is -0.462. The number of ether oxygens (including phenoxy) is 1. The van der Waals surface area contributed by atoms with E-state index in [0.717, 1.165) is 17.1 Å². The van der Waals surface area contributed by atoms with Crippen LogP contribution in [0.3, 0.4) is 0 Å². The van der Waals surface area contributed by atoms with Crippen molar-refractivity contribution in [1.29, 1.82) is 0 Å². The van der Waals surface area contributed by atoms with Crippen LogP contribution in [-0.4, -0.2) is 27.8 Å². The zero-order valence-electron chi connectivity index (χ0n) is 14.2. The molecule has 0 aliphatic rings. The van der Waals surface area contributed by atoms with Crippen molar-refractivity contribution in [2.24, 2.45) is 0 Å². The van der Waals surface area contributed by atoms with Crippen LogP contribution in [-0.2, 0) is 4.74 Å². The highest BCUT2D eigenvalue weighted by Gasteiger charge is 2.18. The van der Waals surface area contributed by atoms with Gasteiger partial charge >= 0.3 is 5.97 Å². The SMILES string of the molecule is COC(=O)c1ccc2c(-c3ccccc3Cl)nn(-c3ccc(F)cn3)c2c1. The fourth-order valence-corrected chi connectivity index (χ4v) is 3.11. The van der Waals surface area contributed by atoms with Gasteiger partial charge in [0.2, 0.25) is 0 Å². The first kappa shape index (κ1) is 17.2. The van der Waals surface area contributed by atoms with Gasteiger partial charge in [-0.2, -0.15) is 5.10 Å². The lowest BCUT2D eigenvalue weighted by atomic mass is 10.1. The number of methoxy groups -OCH3 is 1. The molecule has 0 saturated carbocycles. The van der Waals surface area contributed by atoms with E-state index in [1.54, 1.807) is 28.9 Å². The average molecular weight is 382 g/mol. The highest BCUT2D eigenvalue weighted by atomic mass is 35.5. The number of fused-ring (bicyclic) bond motifs is 1. The van der Waals surface area contributed by atoms with Crippen molar-refractivity contribution < 1.29 is 13.9 Å². The van der Waals surface area contributed by atoms with Crippen molar-refractivity contribution in [3.05, 3.63) is 77.2 Å². The lowest BCUT2D eigenvalue weighted by Crippen LogP contribution is -2.03. The van der Waals surface area contributed by atoms with Crippen molar-refractivity contribution >= 4 is 28.5 Å². The van der Waals surface area contributed by atoms with E-state index in [-0.39, 0.29) is 0 Å². The highest BCUT2D eigenvalue weighted by molar-refractivity contribution is 6.33. The second-order valence-electron chi connectivity index (χ2n) is 5.80. The summed E-state index contributed by atoms with van der Waals surface area (Å²) in [5, 5.41) is 5.97. The number of halogens is 2. The van der Waals surface area contributed by atoms with Crippen LogP contribution in [0.5, 0.6) is 0 Å². The normalized spacial score (nSPS) is 10.9. The van der Waals surface area contributed by atoms with Gasteiger partial charge in [-0.3, -0.25) is 0 Å². The summed E-state index contributed by atoms with van der Waals surface area (Å²) in [7, 11) is 1.32. The van der Waals surface area contributed by atoms with Crippen LogP contribution in [0.2, 0.25) is 5.02 Å². The molecule has 27 heavy (non-hydrogen) atoms. The van der Waals surface area contributed by atoms with Crippen molar-refractivity contribution in [1.82, 2.24) is 14.8 Å². The molecule has 0 saturated heterocycles. The molecular weight excluding hydrogens is 369 g/mol. The number of aromatic nitrogens is 3. The van der Waals surface area contributed by atoms with E-state index in [0.29, 0.717) is 27.6 Å². The van der Waals surface area contributed by atoms with E-state index in [2.05, 4.69) is 10.1 Å². The Kier molecular flexibility index (Phi) is 4.33. The first-order valence-electron chi connectivity index (χ1n) is 8.06. The number of carbonyl (C=O) groups is 1. The summed E-state index contributed by atoms with van der Waals surface area (Å²) in [5.74, 6) is -0.491. The summed E-state index contributed by atoms with van der Waals surface area (Å²) in [6, 6.07) is 15.3. The summed E-state index contributed by atoms with van der Waals surface area (Å²) in [6.07, 6.45) is 1.11.